The lowest BCUT2D eigenvalue weighted by atomic mass is 10.7. The molecule has 0 fully saturated rings. The summed E-state index contributed by atoms with van der Waals surface area (Å²) in [5, 5.41) is 0. The van der Waals surface area contributed by atoms with Gasteiger partial charge >= 0.3 is 0 Å². The minimum Gasteiger partial charge on any atom is -0.344 e. The van der Waals surface area contributed by atoms with E-state index in [9.17, 15) is 8.42 Å². The molecule has 1 aliphatic rings. The van der Waals surface area contributed by atoms with Crippen molar-refractivity contribution in [2.45, 2.75) is 0 Å². The summed E-state index contributed by atoms with van der Waals surface area (Å²) in [7, 11) is -4.09. The Balaban J connectivity index is 2.87. The molecule has 0 aromatic carbocycles. The van der Waals surface area contributed by atoms with Gasteiger partial charge in [0.2, 0.25) is 0 Å². The van der Waals surface area contributed by atoms with Gasteiger partial charge in [-0.2, -0.15) is 13.3 Å². The Bertz CT molecular complexity index is 225. The van der Waals surface area contributed by atoms with Gasteiger partial charge in [-0.15, -0.1) is 0 Å². The quantitative estimate of drug-likeness (QED) is 0.411. The lowest BCUT2D eigenvalue weighted by Crippen LogP contribution is -2.02. The first kappa shape index (κ1) is 6.53. The lowest BCUT2D eigenvalue weighted by molar-refractivity contribution is -0.221. The summed E-state index contributed by atoms with van der Waals surface area (Å²) in [5.41, 5.74) is 0. The maximum absolute atomic E-state index is 10.2. The van der Waals surface area contributed by atoms with E-state index < -0.39 is 10.1 Å². The van der Waals surface area contributed by atoms with Gasteiger partial charge in [0.1, 0.15) is 17.8 Å². The second kappa shape index (κ2) is 1.98. The molecule has 9 heavy (non-hydrogen) atoms. The van der Waals surface area contributed by atoms with Crippen molar-refractivity contribution in [3.63, 3.8) is 0 Å². The van der Waals surface area contributed by atoms with E-state index in [0.717, 1.165) is 6.26 Å². The molecule has 0 atom stereocenters. The predicted octanol–water partition coefficient (Wildman–Crippen LogP) is -0.323. The van der Waals surface area contributed by atoms with Crippen molar-refractivity contribution in [1.29, 1.82) is 0 Å². The Morgan fingerprint density at radius 1 is 1.67 bits per heavy atom. The van der Waals surface area contributed by atoms with Crippen LogP contribution in [0.3, 0.4) is 0 Å². The Morgan fingerprint density at radius 3 is 2.56 bits per heavy atom. The third-order valence-electron chi connectivity index (χ3n) is 0.780. The van der Waals surface area contributed by atoms with Crippen molar-refractivity contribution in [3.05, 3.63) is 11.2 Å². The van der Waals surface area contributed by atoms with E-state index in [0.29, 0.717) is 0 Å². The minimum absolute atomic E-state index is 0.223. The molecule has 0 unspecified atom stereocenters. The molecule has 52 valence electrons. The van der Waals surface area contributed by atoms with Crippen LogP contribution < -0.4 is 0 Å². The largest absolute Gasteiger partial charge is 0.344 e. The van der Waals surface area contributed by atoms with E-state index in [4.69, 9.17) is 4.55 Å². The maximum atomic E-state index is 10.2. The fourth-order valence-corrected chi connectivity index (χ4v) is 0.707. The van der Waals surface area contributed by atoms with Crippen LogP contribution in [0, 0.1) is 0 Å². The molecule has 0 aromatic rings. The molecule has 0 aromatic heterocycles. The zero-order valence-electron chi connectivity index (χ0n) is 4.27. The van der Waals surface area contributed by atoms with Crippen molar-refractivity contribution in [3.8, 4) is 0 Å². The molecule has 1 aliphatic heterocycles. The standard InChI is InChI=1S/C3H4O5S/c4-9(5,6)3-1-7-8-2-3/h1H,2H2,(H,4,5,6). The monoisotopic (exact) mass is 152 g/mol. The van der Waals surface area contributed by atoms with Crippen molar-refractivity contribution in [2.24, 2.45) is 0 Å². The first-order valence-corrected chi connectivity index (χ1v) is 3.49. The third-order valence-corrected chi connectivity index (χ3v) is 1.66. The van der Waals surface area contributed by atoms with E-state index in [2.05, 4.69) is 9.78 Å². The van der Waals surface area contributed by atoms with Gasteiger partial charge in [-0.1, -0.05) is 0 Å². The van der Waals surface area contributed by atoms with Crippen LogP contribution in [0.2, 0.25) is 0 Å². The molecule has 0 spiro atoms. The van der Waals surface area contributed by atoms with Gasteiger partial charge in [-0.05, 0) is 0 Å². The first-order valence-electron chi connectivity index (χ1n) is 2.05. The Morgan fingerprint density at radius 2 is 2.33 bits per heavy atom. The van der Waals surface area contributed by atoms with Crippen LogP contribution in [0.15, 0.2) is 11.2 Å². The zero-order valence-corrected chi connectivity index (χ0v) is 5.09. The number of hydrogen-bond acceptors (Lipinski definition) is 4. The Labute approximate surface area is 51.6 Å². The van der Waals surface area contributed by atoms with Crippen molar-refractivity contribution >= 4 is 10.1 Å². The number of hydrogen-bond donors (Lipinski definition) is 1. The summed E-state index contributed by atoms with van der Waals surface area (Å²) in [5.74, 6) is 0. The summed E-state index contributed by atoms with van der Waals surface area (Å²) < 4.78 is 28.6. The summed E-state index contributed by atoms with van der Waals surface area (Å²) in [6, 6.07) is 0. The van der Waals surface area contributed by atoms with Crippen molar-refractivity contribution in [2.75, 3.05) is 6.61 Å². The van der Waals surface area contributed by atoms with Gasteiger partial charge in [0.25, 0.3) is 10.1 Å². The molecule has 1 heterocycles. The second-order valence-electron chi connectivity index (χ2n) is 1.42. The number of rotatable bonds is 1. The topological polar surface area (TPSA) is 72.8 Å². The van der Waals surface area contributed by atoms with E-state index >= 15 is 0 Å². The molecule has 0 saturated heterocycles. The first-order chi connectivity index (χ1) is 4.11. The van der Waals surface area contributed by atoms with E-state index in [1.54, 1.807) is 0 Å². The minimum atomic E-state index is -4.09. The van der Waals surface area contributed by atoms with Gasteiger partial charge in [0, 0.05) is 0 Å². The third kappa shape index (κ3) is 1.41. The fourth-order valence-electron chi connectivity index (χ4n) is 0.349. The molecular formula is C3H4O5S. The zero-order chi connectivity index (χ0) is 6.91. The van der Waals surface area contributed by atoms with Crippen LogP contribution in [-0.2, 0) is 19.9 Å². The molecule has 5 nitrogen and oxygen atoms in total. The smallest absolute Gasteiger partial charge is 0.296 e. The van der Waals surface area contributed by atoms with Crippen LogP contribution in [-0.4, -0.2) is 19.6 Å². The summed E-state index contributed by atoms with van der Waals surface area (Å²) in [6.45, 7) is -0.223. The highest BCUT2D eigenvalue weighted by Gasteiger charge is 2.19. The average Bonchev–Trinajstić information content (AvgIpc) is 2.08. The molecule has 1 rings (SSSR count). The highest BCUT2D eigenvalue weighted by molar-refractivity contribution is 7.89. The SMILES string of the molecule is O=S(=O)(O)C1=COOC1. The van der Waals surface area contributed by atoms with Crippen LogP contribution >= 0.6 is 0 Å². The highest BCUT2D eigenvalue weighted by atomic mass is 32.2. The molecule has 0 bridgehead atoms. The predicted molar refractivity (Wildman–Crippen MR) is 26.7 cm³/mol. The van der Waals surface area contributed by atoms with Crippen LogP contribution in [0.25, 0.3) is 0 Å². The molecule has 1 N–H and O–H groups in total. The molecule has 0 aliphatic carbocycles. The van der Waals surface area contributed by atoms with Crippen LogP contribution in [0.1, 0.15) is 0 Å². The second-order valence-corrected chi connectivity index (χ2v) is 2.89. The normalized spacial score (nSPS) is 19.0. The summed E-state index contributed by atoms with van der Waals surface area (Å²) in [6.07, 6.45) is 0.843. The van der Waals surface area contributed by atoms with Gasteiger partial charge in [0.05, 0.1) is 0 Å². The van der Waals surface area contributed by atoms with Crippen molar-refractivity contribution in [1.82, 2.24) is 0 Å². The van der Waals surface area contributed by atoms with Gasteiger partial charge < -0.3 is 4.89 Å². The fraction of sp³-hybridized carbons (Fsp3) is 0.333. The molecule has 0 amide bonds. The van der Waals surface area contributed by atoms with Crippen LogP contribution in [0.4, 0.5) is 0 Å². The lowest BCUT2D eigenvalue weighted by Gasteiger charge is -1.88. The van der Waals surface area contributed by atoms with Gasteiger partial charge in [0.15, 0.2) is 0 Å². The summed E-state index contributed by atoms with van der Waals surface area (Å²) in [4.78, 5) is 7.97. The van der Waals surface area contributed by atoms with E-state index in [1.807, 2.05) is 0 Å². The molecule has 6 heteroatoms. The Hall–Kier alpha value is -0.590. The van der Waals surface area contributed by atoms with Crippen LogP contribution in [0.5, 0.6) is 0 Å². The van der Waals surface area contributed by atoms with E-state index in [1.165, 1.54) is 0 Å². The maximum Gasteiger partial charge on any atom is 0.296 e. The highest BCUT2D eigenvalue weighted by Crippen LogP contribution is 2.10. The molecule has 0 saturated carbocycles. The average molecular weight is 152 g/mol. The Kier molecular flexibility index (Phi) is 1.43. The van der Waals surface area contributed by atoms with Gasteiger partial charge in [-0.25, -0.2) is 0 Å². The van der Waals surface area contributed by atoms with Gasteiger partial charge in [-0.3, -0.25) is 4.55 Å². The molecular weight excluding hydrogens is 148 g/mol. The van der Waals surface area contributed by atoms with Crippen molar-refractivity contribution < 1.29 is 22.7 Å². The molecule has 0 radical (unpaired) electrons. The van der Waals surface area contributed by atoms with E-state index in [-0.39, 0.29) is 11.5 Å². The summed E-state index contributed by atoms with van der Waals surface area (Å²) >= 11 is 0.